The smallest absolute Gasteiger partial charge is 0.239 e. The van der Waals surface area contributed by atoms with Crippen molar-refractivity contribution in [2.75, 3.05) is 5.06 Å². The predicted molar refractivity (Wildman–Crippen MR) is 106 cm³/mol. The van der Waals surface area contributed by atoms with Gasteiger partial charge in [-0.25, -0.2) is 0 Å². The van der Waals surface area contributed by atoms with Crippen LogP contribution in [0.3, 0.4) is 0 Å². The number of pyridine rings is 2. The van der Waals surface area contributed by atoms with E-state index in [4.69, 9.17) is 23.2 Å². The Kier molecular flexibility index (Phi) is 5.16. The van der Waals surface area contributed by atoms with Gasteiger partial charge < -0.3 is 10.3 Å². The maximum Gasteiger partial charge on any atom is 0.239 e. The Bertz CT molecular complexity index is 1100. The number of tetrazole rings is 1. The molecule has 0 bridgehead atoms. The molecule has 0 saturated heterocycles. The molecule has 140 valence electrons. The van der Waals surface area contributed by atoms with E-state index in [1.54, 1.807) is 42.9 Å². The number of hydrogen-bond acceptors (Lipinski definition) is 7. The summed E-state index contributed by atoms with van der Waals surface area (Å²) in [5.41, 5.74) is 2.59. The first-order valence-electron chi connectivity index (χ1n) is 8.17. The highest BCUT2D eigenvalue weighted by Gasteiger charge is 2.16. The van der Waals surface area contributed by atoms with Crippen LogP contribution in [0, 0.1) is 5.21 Å². The molecule has 0 saturated carbocycles. The molecule has 0 unspecified atom stereocenters. The highest BCUT2D eigenvalue weighted by Crippen LogP contribution is 2.30. The Balaban J connectivity index is 1.68. The van der Waals surface area contributed by atoms with Crippen molar-refractivity contribution in [3.8, 4) is 16.9 Å². The lowest BCUT2D eigenvalue weighted by atomic mass is 10.1. The zero-order valence-electron chi connectivity index (χ0n) is 14.3. The van der Waals surface area contributed by atoms with E-state index in [1.165, 1.54) is 4.68 Å². The molecule has 0 aliphatic rings. The normalized spacial score (nSPS) is 10.8. The lowest BCUT2D eigenvalue weighted by molar-refractivity contribution is 0.778. The molecule has 1 aromatic carbocycles. The van der Waals surface area contributed by atoms with Gasteiger partial charge in [0, 0.05) is 30.7 Å². The molecule has 0 fully saturated rings. The van der Waals surface area contributed by atoms with Crippen LogP contribution in [0.2, 0.25) is 10.0 Å². The number of aromatic nitrogens is 6. The molecule has 0 spiro atoms. The molecule has 0 aliphatic carbocycles. The second-order valence-corrected chi connectivity index (χ2v) is 6.54. The van der Waals surface area contributed by atoms with Crippen LogP contribution in [0.25, 0.3) is 16.9 Å². The molecule has 0 aliphatic heterocycles. The van der Waals surface area contributed by atoms with Gasteiger partial charge in [0.15, 0.2) is 0 Å². The summed E-state index contributed by atoms with van der Waals surface area (Å²) in [5.74, 6) is -0.0230. The van der Waals surface area contributed by atoms with Crippen molar-refractivity contribution in [2.45, 2.75) is 6.54 Å². The van der Waals surface area contributed by atoms with E-state index in [9.17, 15) is 5.21 Å². The number of benzene rings is 1. The summed E-state index contributed by atoms with van der Waals surface area (Å²) in [4.78, 5) is 8.49. The summed E-state index contributed by atoms with van der Waals surface area (Å²) in [6.45, 7) is -0.0172. The van der Waals surface area contributed by atoms with Gasteiger partial charge in [0.05, 0.1) is 21.4 Å². The molecule has 4 rings (SSSR count). The van der Waals surface area contributed by atoms with Gasteiger partial charge in [-0.1, -0.05) is 40.4 Å². The summed E-state index contributed by atoms with van der Waals surface area (Å²) in [7, 11) is 0. The van der Waals surface area contributed by atoms with E-state index in [0.29, 0.717) is 27.0 Å². The second-order valence-electron chi connectivity index (χ2n) is 5.75. The topological polar surface area (TPSA) is 95.7 Å². The molecule has 3 aromatic heterocycles. The van der Waals surface area contributed by atoms with Gasteiger partial charge in [-0.15, -0.1) is 0 Å². The molecule has 28 heavy (non-hydrogen) atoms. The van der Waals surface area contributed by atoms with Gasteiger partial charge in [0.1, 0.15) is 0 Å². The number of anilines is 1. The molecule has 4 aromatic rings. The van der Waals surface area contributed by atoms with Crippen molar-refractivity contribution in [1.29, 1.82) is 0 Å². The van der Waals surface area contributed by atoms with Crippen molar-refractivity contribution < 1.29 is 0 Å². The van der Waals surface area contributed by atoms with Crippen molar-refractivity contribution >= 4 is 29.2 Å². The monoisotopic (exact) mass is 412 g/mol. The maximum atomic E-state index is 12.9. The van der Waals surface area contributed by atoms with Crippen LogP contribution < -0.4 is 5.06 Å². The number of hydroxylamine groups is 1. The minimum Gasteiger partial charge on any atom is -0.756 e. The van der Waals surface area contributed by atoms with Crippen molar-refractivity contribution in [3.63, 3.8) is 0 Å². The van der Waals surface area contributed by atoms with E-state index in [1.807, 2.05) is 18.2 Å². The van der Waals surface area contributed by atoms with Gasteiger partial charge in [-0.2, -0.15) is 4.68 Å². The average Bonchev–Trinajstić information content (AvgIpc) is 3.21. The van der Waals surface area contributed by atoms with Crippen LogP contribution in [0.4, 0.5) is 5.95 Å². The summed E-state index contributed by atoms with van der Waals surface area (Å²) >= 11 is 12.3. The molecular weight excluding hydrogens is 401 g/mol. The van der Waals surface area contributed by atoms with Crippen molar-refractivity contribution in [2.24, 2.45) is 0 Å². The summed E-state index contributed by atoms with van der Waals surface area (Å²) in [6.07, 6.45) is 5.03. The largest absolute Gasteiger partial charge is 0.756 e. The Morgan fingerprint density at radius 1 is 1.04 bits per heavy atom. The fourth-order valence-corrected chi connectivity index (χ4v) is 3.08. The molecule has 0 N–H and O–H groups in total. The maximum absolute atomic E-state index is 12.9. The Morgan fingerprint density at radius 2 is 1.89 bits per heavy atom. The SMILES string of the molecule is [O-]N(Cc1cccnc1-c1cccnc1)c1nnnn1-c1cccc(Cl)c1Cl. The van der Waals surface area contributed by atoms with Crippen LogP contribution in [-0.2, 0) is 6.54 Å². The first kappa shape index (κ1) is 18.3. The van der Waals surface area contributed by atoms with Gasteiger partial charge in [-0.05, 0) is 46.3 Å². The molecule has 0 atom stereocenters. The highest BCUT2D eigenvalue weighted by molar-refractivity contribution is 6.43. The number of rotatable bonds is 5. The van der Waals surface area contributed by atoms with Crippen LogP contribution in [-0.4, -0.2) is 30.2 Å². The van der Waals surface area contributed by atoms with Gasteiger partial charge >= 0.3 is 0 Å². The van der Waals surface area contributed by atoms with E-state index < -0.39 is 0 Å². The fourth-order valence-electron chi connectivity index (χ4n) is 2.70. The lowest BCUT2D eigenvalue weighted by Gasteiger charge is -2.29. The zero-order chi connectivity index (χ0) is 19.5. The first-order chi connectivity index (χ1) is 13.6. The third-order valence-electron chi connectivity index (χ3n) is 3.98. The summed E-state index contributed by atoms with van der Waals surface area (Å²) in [6, 6.07) is 12.3. The van der Waals surface area contributed by atoms with Crippen LogP contribution >= 0.6 is 23.2 Å². The van der Waals surface area contributed by atoms with Crippen LogP contribution in [0.1, 0.15) is 5.56 Å². The first-order valence-corrected chi connectivity index (χ1v) is 8.92. The molecule has 10 heteroatoms. The van der Waals surface area contributed by atoms with Crippen LogP contribution in [0.15, 0.2) is 61.1 Å². The average molecular weight is 413 g/mol. The Hall–Kier alpha value is -3.07. The number of nitrogens with zero attached hydrogens (tertiary/aromatic N) is 7. The minimum atomic E-state index is -0.0230. The molecule has 8 nitrogen and oxygen atoms in total. The van der Waals surface area contributed by atoms with E-state index in [2.05, 4.69) is 25.5 Å². The third kappa shape index (κ3) is 3.53. The summed E-state index contributed by atoms with van der Waals surface area (Å²) < 4.78 is 1.25. The van der Waals surface area contributed by atoms with E-state index in [0.717, 1.165) is 5.56 Å². The molecule has 3 heterocycles. The second kappa shape index (κ2) is 7.89. The summed E-state index contributed by atoms with van der Waals surface area (Å²) in [5, 5.41) is 25.5. The van der Waals surface area contributed by atoms with E-state index in [-0.39, 0.29) is 17.5 Å². The minimum absolute atomic E-state index is 0.0172. The van der Waals surface area contributed by atoms with E-state index >= 15 is 0 Å². The molecular formula is C18H12Cl2N7O-. The number of hydrogen-bond donors (Lipinski definition) is 0. The van der Waals surface area contributed by atoms with Gasteiger partial charge in [0.25, 0.3) is 0 Å². The number of halogens is 2. The molecule has 0 radical (unpaired) electrons. The lowest BCUT2D eigenvalue weighted by Crippen LogP contribution is -2.19. The quantitative estimate of drug-likeness (QED) is 0.458. The van der Waals surface area contributed by atoms with Crippen LogP contribution in [0.5, 0.6) is 0 Å². The zero-order valence-corrected chi connectivity index (χ0v) is 15.8. The standard InChI is InChI=1S/C18H12Cl2N7O/c19-14-6-1-7-15(16(14)20)27-18(23-24-25-27)26(28)11-13-5-3-9-22-17(13)12-4-2-8-21-10-12/h1-10H,11H2/q-1. The fraction of sp³-hybridized carbons (Fsp3) is 0.0556. The molecule has 0 amide bonds. The third-order valence-corrected chi connectivity index (χ3v) is 4.78. The predicted octanol–water partition coefficient (Wildman–Crippen LogP) is 3.93. The Morgan fingerprint density at radius 3 is 2.71 bits per heavy atom. The highest BCUT2D eigenvalue weighted by atomic mass is 35.5. The van der Waals surface area contributed by atoms with Gasteiger partial charge in [0.2, 0.25) is 5.95 Å². The van der Waals surface area contributed by atoms with Crippen molar-refractivity contribution in [1.82, 2.24) is 30.2 Å². The van der Waals surface area contributed by atoms with Crippen molar-refractivity contribution in [3.05, 3.63) is 81.9 Å². The Labute approximate surface area is 170 Å². The van der Waals surface area contributed by atoms with Gasteiger partial charge in [-0.3, -0.25) is 9.97 Å².